The average Bonchev–Trinajstić information content (AvgIpc) is 2.50. The zero-order valence-electron chi connectivity index (χ0n) is 22.5. The Morgan fingerprint density at radius 1 is 0.325 bits per heavy atom. The summed E-state index contributed by atoms with van der Waals surface area (Å²) in [5.41, 5.74) is 9.81. The Balaban J connectivity index is -0.0000000184. The van der Waals surface area contributed by atoms with Gasteiger partial charge in [0.15, 0.2) is 0 Å². The maximum atomic E-state index is 8.89. The molecule has 0 aromatic carbocycles. The Kier molecular flexibility index (Phi) is 173. The van der Waals surface area contributed by atoms with E-state index in [9.17, 15) is 0 Å². The zero-order valence-corrected chi connectivity index (χ0v) is 26.9. The third kappa shape index (κ3) is 28000. The van der Waals surface area contributed by atoms with Gasteiger partial charge < -0.3 is 90.7 Å². The topological polar surface area (TPSA) is 373 Å². The molecule has 40 heavy (non-hydrogen) atoms. The number of aliphatic carboxylic acids is 8. The summed E-state index contributed by atoms with van der Waals surface area (Å²) in [6, 6.07) is 0. The third-order valence-electron chi connectivity index (χ3n) is 0.167. The van der Waals surface area contributed by atoms with Gasteiger partial charge in [-0.3, -0.25) is 0 Å². The van der Waals surface area contributed by atoms with Crippen LogP contribution in [0.25, 0.3) is 0 Å². The van der Waals surface area contributed by atoms with Crippen molar-refractivity contribution in [1.82, 2.24) is 0 Å². The Hall–Kier alpha value is -2.24. The fourth-order valence-corrected chi connectivity index (χ4v) is 0. The standard InChI is InChI=1S/C2H8N2.8C2H4O2.4Fe/c3-1-2-4;8*1-2(3)4;;;;/h1-4H2;8*1H3,(H,3,4);;;;/q;;;;;;;;;4*+2/p-8. The van der Waals surface area contributed by atoms with Crippen LogP contribution in [0.1, 0.15) is 55.4 Å². The number of carbonyl (C=O) groups is 8. The normalized spacial score (nSPS) is 5.75. The van der Waals surface area contributed by atoms with E-state index in [2.05, 4.69) is 0 Å². The molecule has 0 aliphatic carbocycles. The van der Waals surface area contributed by atoms with Crippen LogP contribution in [0.4, 0.5) is 0 Å². The second kappa shape index (κ2) is 83.3. The molecule has 0 rings (SSSR count). The molecule has 0 amide bonds. The largest absolute Gasteiger partial charge is 2.00 e. The van der Waals surface area contributed by atoms with Crippen molar-refractivity contribution in [2.24, 2.45) is 11.5 Å². The second-order valence-corrected chi connectivity index (χ2v) is 4.51. The van der Waals surface area contributed by atoms with Gasteiger partial charge in [0.25, 0.3) is 0 Å². The van der Waals surface area contributed by atoms with Gasteiger partial charge in [-0.25, -0.2) is 0 Å². The van der Waals surface area contributed by atoms with Crippen LogP contribution in [-0.2, 0) is 107 Å². The molecule has 0 aliphatic heterocycles. The van der Waals surface area contributed by atoms with Gasteiger partial charge in [-0.15, -0.1) is 0 Å². The van der Waals surface area contributed by atoms with Crippen LogP contribution in [0, 0.1) is 0 Å². The zero-order chi connectivity index (χ0) is 32.0. The average molecular weight is 756 g/mol. The van der Waals surface area contributed by atoms with E-state index >= 15 is 0 Å². The SMILES string of the molecule is CC(=O)[O-].CC(=O)[O-].CC(=O)[O-].CC(=O)[O-].CC(=O)[O-].CC(=O)[O-].CC(=O)[O-].CC(=O)[O-].NCCN.[Fe+2].[Fe+2].[Fe+2].[Fe+2]. The van der Waals surface area contributed by atoms with Gasteiger partial charge in [0, 0.05) is 60.8 Å². The summed E-state index contributed by atoms with van der Waals surface area (Å²) in [5, 5.41) is 71.1. The number of hydrogen-bond donors (Lipinski definition) is 2. The summed E-state index contributed by atoms with van der Waals surface area (Å²) in [6.07, 6.45) is 0. The molecule has 0 fully saturated rings. The van der Waals surface area contributed by atoms with Crippen LogP contribution in [0.5, 0.6) is 0 Å². The van der Waals surface area contributed by atoms with Crippen molar-refractivity contribution in [3.05, 3.63) is 0 Å². The summed E-state index contributed by atoms with van der Waals surface area (Å²) in [6.45, 7) is 8.97. The Morgan fingerprint density at radius 3 is 0.350 bits per heavy atom. The molecule has 0 unspecified atom stereocenters. The molecule has 4 N–H and O–H groups in total. The first kappa shape index (κ1) is 83.2. The first-order valence-electron chi connectivity index (χ1n) is 8.58. The molecule has 0 aliphatic rings. The van der Waals surface area contributed by atoms with Gasteiger partial charge in [0.2, 0.25) is 0 Å². The summed E-state index contributed by atoms with van der Waals surface area (Å²) in [5.74, 6) is -8.67. The van der Waals surface area contributed by atoms with Crippen LogP contribution in [0.3, 0.4) is 0 Å². The fraction of sp³-hybridized carbons (Fsp3) is 0.556. The van der Waals surface area contributed by atoms with E-state index < -0.39 is 47.8 Å². The number of rotatable bonds is 1. The van der Waals surface area contributed by atoms with Crippen LogP contribution in [-0.4, -0.2) is 60.8 Å². The second-order valence-electron chi connectivity index (χ2n) is 4.51. The first-order valence-corrected chi connectivity index (χ1v) is 8.58. The minimum Gasteiger partial charge on any atom is -0.550 e. The van der Waals surface area contributed by atoms with Gasteiger partial charge in [-0.2, -0.15) is 0 Å². The van der Waals surface area contributed by atoms with E-state index in [1.165, 1.54) is 0 Å². The van der Waals surface area contributed by atoms with Gasteiger partial charge in [-0.05, 0) is 55.4 Å². The van der Waals surface area contributed by atoms with Gasteiger partial charge in [-0.1, -0.05) is 0 Å². The molecule has 0 atom stereocenters. The van der Waals surface area contributed by atoms with Crippen molar-refractivity contribution in [2.45, 2.75) is 55.4 Å². The maximum Gasteiger partial charge on any atom is 2.00 e. The fourth-order valence-electron chi connectivity index (χ4n) is 0. The maximum absolute atomic E-state index is 8.89. The Morgan fingerprint density at radius 2 is 0.350 bits per heavy atom. The molecular formula is C18H32Fe4N2O16. The number of nitrogens with two attached hydrogens (primary N) is 2. The number of hydrogen-bond acceptors (Lipinski definition) is 18. The molecule has 0 radical (unpaired) electrons. The monoisotopic (exact) mass is 756 g/mol. The summed E-state index contributed by atoms with van der Waals surface area (Å²) >= 11 is 0. The van der Waals surface area contributed by atoms with Crippen molar-refractivity contribution < 1.29 is 147 Å². The predicted octanol–water partition coefficient (Wildman–Crippen LogP) is -11.1. The number of carboxylic acids is 8. The predicted molar refractivity (Wildman–Crippen MR) is 104 cm³/mol. The Bertz CT molecular complexity index is 418. The Labute approximate surface area is 274 Å². The molecule has 0 aromatic heterocycles. The van der Waals surface area contributed by atoms with Crippen molar-refractivity contribution in [3.8, 4) is 0 Å². The van der Waals surface area contributed by atoms with Crippen molar-refractivity contribution >= 4 is 47.8 Å². The van der Waals surface area contributed by atoms with Crippen LogP contribution in [0.2, 0.25) is 0 Å². The van der Waals surface area contributed by atoms with Crippen LogP contribution < -0.4 is 52.3 Å². The van der Waals surface area contributed by atoms with E-state index in [-0.39, 0.29) is 68.3 Å². The molecule has 0 saturated carbocycles. The van der Waals surface area contributed by atoms with E-state index in [0.717, 1.165) is 55.4 Å². The van der Waals surface area contributed by atoms with Crippen molar-refractivity contribution in [2.75, 3.05) is 13.1 Å². The number of carboxylic acid groups (broad SMARTS) is 8. The molecule has 0 saturated heterocycles. The smallest absolute Gasteiger partial charge is 0.550 e. The van der Waals surface area contributed by atoms with Crippen LogP contribution in [0.15, 0.2) is 0 Å². The summed E-state index contributed by atoms with van der Waals surface area (Å²) in [4.78, 5) is 71.1. The van der Waals surface area contributed by atoms with E-state index in [0.29, 0.717) is 13.1 Å². The summed E-state index contributed by atoms with van der Waals surface area (Å²) < 4.78 is 0. The summed E-state index contributed by atoms with van der Waals surface area (Å²) in [7, 11) is 0. The molecular weight excluding hydrogens is 724 g/mol. The first-order chi connectivity index (χ1) is 15.8. The third-order valence-corrected chi connectivity index (χ3v) is 0.167. The van der Waals surface area contributed by atoms with E-state index in [1.807, 2.05) is 0 Å². The van der Waals surface area contributed by atoms with Gasteiger partial charge in [0.1, 0.15) is 0 Å². The minimum atomic E-state index is -1.08. The van der Waals surface area contributed by atoms with Crippen LogP contribution >= 0.6 is 0 Å². The molecule has 0 aromatic rings. The number of carbonyl (C=O) groups excluding carboxylic acids is 8. The van der Waals surface area contributed by atoms with Gasteiger partial charge in [0.05, 0.1) is 0 Å². The van der Waals surface area contributed by atoms with E-state index in [1.54, 1.807) is 0 Å². The minimum absolute atomic E-state index is 0. The van der Waals surface area contributed by atoms with E-state index in [4.69, 9.17) is 90.7 Å². The molecule has 22 heteroatoms. The molecule has 18 nitrogen and oxygen atoms in total. The molecule has 242 valence electrons. The quantitative estimate of drug-likeness (QED) is 0.235. The van der Waals surface area contributed by atoms with Crippen molar-refractivity contribution in [1.29, 1.82) is 0 Å². The molecule has 0 heterocycles. The molecule has 0 bridgehead atoms. The molecule has 0 spiro atoms. The van der Waals surface area contributed by atoms with Crippen molar-refractivity contribution in [3.63, 3.8) is 0 Å². The van der Waals surface area contributed by atoms with Gasteiger partial charge >= 0.3 is 68.3 Å².